The lowest BCUT2D eigenvalue weighted by Gasteiger charge is -2.35. The van der Waals surface area contributed by atoms with Gasteiger partial charge in [0, 0.05) is 9.75 Å². The van der Waals surface area contributed by atoms with Crippen molar-refractivity contribution in [3.63, 3.8) is 0 Å². The molecule has 8 nitrogen and oxygen atoms in total. The van der Waals surface area contributed by atoms with Crippen LogP contribution in [-0.4, -0.2) is 45.7 Å². The van der Waals surface area contributed by atoms with Crippen LogP contribution in [0.5, 0.6) is 0 Å². The van der Waals surface area contributed by atoms with Gasteiger partial charge in [0.2, 0.25) is 11.8 Å². The Hall–Kier alpha value is -3.00. The van der Waals surface area contributed by atoms with Crippen LogP contribution in [0, 0.1) is 11.8 Å². The maximum absolute atomic E-state index is 14.3. The molecule has 0 radical (unpaired) electrons. The van der Waals surface area contributed by atoms with E-state index in [0.29, 0.717) is 11.4 Å². The third kappa shape index (κ3) is 3.63. The van der Waals surface area contributed by atoms with Crippen molar-refractivity contribution in [3.05, 3.63) is 102 Å². The molecule has 42 heavy (non-hydrogen) atoms. The number of halogens is 2. The number of fused-ring (bicyclic) bond motifs is 5. The Morgan fingerprint density at radius 2 is 0.857 bits per heavy atom. The third-order valence-corrected chi connectivity index (χ3v) is 11.9. The summed E-state index contributed by atoms with van der Waals surface area (Å²) in [4.78, 5) is 61.4. The quantitative estimate of drug-likeness (QED) is 0.249. The molecular weight excluding hydrogens is 704 g/mol. The highest BCUT2D eigenvalue weighted by molar-refractivity contribution is 9.11. The molecule has 4 aliphatic heterocycles. The van der Waals surface area contributed by atoms with Gasteiger partial charge in [-0.25, -0.2) is 19.8 Å². The molecule has 210 valence electrons. The van der Waals surface area contributed by atoms with Crippen molar-refractivity contribution in [2.45, 2.75) is 24.2 Å². The van der Waals surface area contributed by atoms with Gasteiger partial charge in [-0.2, -0.15) is 0 Å². The highest BCUT2D eigenvalue weighted by Gasteiger charge is 2.74. The number of carbonyl (C=O) groups is 4. The van der Waals surface area contributed by atoms with Crippen LogP contribution in [0.15, 0.2) is 92.5 Å². The van der Waals surface area contributed by atoms with Crippen molar-refractivity contribution in [2.75, 3.05) is 9.80 Å². The first-order chi connectivity index (χ1) is 20.4. The molecule has 0 saturated carbocycles. The molecule has 4 saturated heterocycles. The van der Waals surface area contributed by atoms with Crippen molar-refractivity contribution in [1.29, 1.82) is 0 Å². The van der Waals surface area contributed by atoms with E-state index in [9.17, 15) is 19.2 Å². The number of hydrazine groups is 1. The summed E-state index contributed by atoms with van der Waals surface area (Å²) in [6.07, 6.45) is 0. The molecule has 2 aromatic carbocycles. The second-order valence-corrected chi connectivity index (χ2v) is 15.6. The number of hydrogen-bond acceptors (Lipinski definition) is 8. The SMILES string of the molecule is O=C1C2C(C(=O)N1c1ccccc1)N1C(c3ccc(Br)s3)C3C(=O)N(c4ccccc4)C(=O)C3N1C2c1ccc(Br)s1. The van der Waals surface area contributed by atoms with Crippen molar-refractivity contribution in [1.82, 2.24) is 10.0 Å². The number of benzene rings is 2. The van der Waals surface area contributed by atoms with E-state index < -0.39 is 36.0 Å². The number of hydrogen-bond donors (Lipinski definition) is 0. The number of carbonyl (C=O) groups excluding carboxylic acids is 4. The summed E-state index contributed by atoms with van der Waals surface area (Å²) in [5.74, 6) is -2.83. The standard InChI is InChI=1S/C30H20Br2N4O4S2/c31-19-13-11-17(41-19)23-21-25(29(39)33(27(21)37)15-7-3-1-4-8-15)35-24(18-12-14-20(32)42-18)22-26(36(23)35)30(40)34(28(22)38)16-9-5-2-6-10-16/h1-14,21-26H. The maximum Gasteiger partial charge on any atom is 0.253 e. The number of anilines is 2. The zero-order valence-corrected chi connectivity index (χ0v) is 26.3. The van der Waals surface area contributed by atoms with Gasteiger partial charge in [0.05, 0.1) is 42.9 Å². The molecule has 6 atom stereocenters. The molecule has 0 spiro atoms. The minimum absolute atomic E-state index is 0.306. The summed E-state index contributed by atoms with van der Waals surface area (Å²) >= 11 is 10.1. The smallest absolute Gasteiger partial charge is 0.253 e. The first-order valence-corrected chi connectivity index (χ1v) is 16.5. The van der Waals surface area contributed by atoms with Crippen LogP contribution < -0.4 is 9.80 Å². The van der Waals surface area contributed by atoms with E-state index in [1.54, 1.807) is 48.5 Å². The minimum atomic E-state index is -0.870. The number of rotatable bonds is 4. The summed E-state index contributed by atoms with van der Waals surface area (Å²) < 4.78 is 1.75. The maximum atomic E-state index is 14.3. The lowest BCUT2D eigenvalue weighted by Crippen LogP contribution is -2.50. The fraction of sp³-hybridized carbons (Fsp3) is 0.200. The molecule has 4 aliphatic rings. The van der Waals surface area contributed by atoms with Crippen LogP contribution in [0.1, 0.15) is 21.8 Å². The molecule has 12 heteroatoms. The Balaban J connectivity index is 1.33. The van der Waals surface area contributed by atoms with Crippen LogP contribution in [0.2, 0.25) is 0 Å². The highest BCUT2D eigenvalue weighted by Crippen LogP contribution is 2.61. The van der Waals surface area contributed by atoms with Gasteiger partial charge in [0.25, 0.3) is 11.8 Å². The predicted octanol–water partition coefficient (Wildman–Crippen LogP) is 5.78. The van der Waals surface area contributed by atoms with Gasteiger partial charge >= 0.3 is 0 Å². The molecule has 4 aromatic rings. The number of nitrogens with zero attached hydrogens (tertiary/aromatic N) is 4. The number of para-hydroxylation sites is 2. The molecule has 0 N–H and O–H groups in total. The van der Waals surface area contributed by atoms with Gasteiger partial charge in [-0.3, -0.25) is 19.2 Å². The van der Waals surface area contributed by atoms with Crippen molar-refractivity contribution < 1.29 is 19.2 Å². The first-order valence-electron chi connectivity index (χ1n) is 13.3. The van der Waals surface area contributed by atoms with Crippen LogP contribution >= 0.6 is 54.5 Å². The Morgan fingerprint density at radius 1 is 0.476 bits per heavy atom. The van der Waals surface area contributed by atoms with E-state index in [0.717, 1.165) is 17.3 Å². The Kier molecular flexibility index (Phi) is 6.19. The summed E-state index contributed by atoms with van der Waals surface area (Å²) in [6.45, 7) is 0. The zero-order valence-electron chi connectivity index (χ0n) is 21.5. The Morgan fingerprint density at radius 3 is 1.19 bits per heavy atom. The summed E-state index contributed by atoms with van der Waals surface area (Å²) in [5.41, 5.74) is 1.02. The van der Waals surface area contributed by atoms with E-state index in [4.69, 9.17) is 0 Å². The van der Waals surface area contributed by atoms with Crippen LogP contribution in [0.4, 0.5) is 11.4 Å². The van der Waals surface area contributed by atoms with Gasteiger partial charge in [0.15, 0.2) is 0 Å². The van der Waals surface area contributed by atoms with Crippen molar-refractivity contribution in [3.8, 4) is 0 Å². The summed E-state index contributed by atoms with van der Waals surface area (Å²) in [7, 11) is 0. The van der Waals surface area contributed by atoms with E-state index in [1.165, 1.54) is 32.5 Å². The third-order valence-electron chi connectivity index (χ3n) is 8.52. The predicted molar refractivity (Wildman–Crippen MR) is 166 cm³/mol. The van der Waals surface area contributed by atoms with Gasteiger partial charge in [-0.05, 0) is 80.4 Å². The molecule has 0 bridgehead atoms. The number of imide groups is 2. The normalized spacial score (nSPS) is 29.1. The zero-order chi connectivity index (χ0) is 28.9. The topological polar surface area (TPSA) is 81.2 Å². The van der Waals surface area contributed by atoms with E-state index in [-0.39, 0.29) is 23.6 Å². The van der Waals surface area contributed by atoms with Crippen molar-refractivity contribution in [2.24, 2.45) is 11.8 Å². The van der Waals surface area contributed by atoms with Crippen LogP contribution in [-0.2, 0) is 19.2 Å². The van der Waals surface area contributed by atoms with Gasteiger partial charge in [-0.15, -0.1) is 22.7 Å². The van der Waals surface area contributed by atoms with E-state index in [1.807, 2.05) is 46.4 Å². The molecule has 2 aromatic heterocycles. The van der Waals surface area contributed by atoms with E-state index >= 15 is 0 Å². The number of thiophene rings is 2. The van der Waals surface area contributed by atoms with Gasteiger partial charge in [0.1, 0.15) is 12.1 Å². The Bertz CT molecular complexity index is 1650. The molecular formula is C30H20Br2N4O4S2. The molecule has 0 aliphatic carbocycles. The minimum Gasteiger partial charge on any atom is -0.274 e. The first kappa shape index (κ1) is 26.6. The number of amides is 4. The molecule has 4 amide bonds. The average molecular weight is 724 g/mol. The highest BCUT2D eigenvalue weighted by atomic mass is 79.9. The fourth-order valence-corrected chi connectivity index (χ4v) is 10.2. The van der Waals surface area contributed by atoms with Gasteiger partial charge in [-0.1, -0.05) is 36.4 Å². The second kappa shape index (κ2) is 9.76. The average Bonchev–Trinajstić information content (AvgIpc) is 3.81. The molecule has 8 rings (SSSR count). The monoisotopic (exact) mass is 722 g/mol. The van der Waals surface area contributed by atoms with Gasteiger partial charge < -0.3 is 0 Å². The molecule has 6 unspecified atom stereocenters. The van der Waals surface area contributed by atoms with Crippen LogP contribution in [0.25, 0.3) is 0 Å². The van der Waals surface area contributed by atoms with Crippen LogP contribution in [0.3, 0.4) is 0 Å². The van der Waals surface area contributed by atoms with Crippen molar-refractivity contribution >= 4 is 89.5 Å². The fourth-order valence-electron chi connectivity index (χ4n) is 7.03. The lowest BCUT2D eigenvalue weighted by molar-refractivity contribution is -0.135. The lowest BCUT2D eigenvalue weighted by atomic mass is 9.88. The largest absolute Gasteiger partial charge is 0.274 e. The van der Waals surface area contributed by atoms with E-state index in [2.05, 4.69) is 31.9 Å². The molecule has 4 fully saturated rings. The Labute approximate surface area is 265 Å². The second-order valence-electron chi connectivity index (χ2n) is 10.6. The summed E-state index contributed by atoms with van der Waals surface area (Å²) in [5, 5.41) is 3.80. The summed E-state index contributed by atoms with van der Waals surface area (Å²) in [6, 6.07) is 22.6. The molecule has 6 heterocycles.